The van der Waals surface area contributed by atoms with Gasteiger partial charge in [0.1, 0.15) is 5.15 Å². The number of hydrogen-bond donors (Lipinski definition) is 0. The van der Waals surface area contributed by atoms with Crippen molar-refractivity contribution < 1.29 is 4.79 Å². The Morgan fingerprint density at radius 2 is 2.05 bits per heavy atom. The van der Waals surface area contributed by atoms with Crippen molar-refractivity contribution in [1.29, 1.82) is 0 Å². The zero-order valence-corrected chi connectivity index (χ0v) is 13.9. The Morgan fingerprint density at radius 3 is 2.73 bits per heavy atom. The Hall–Kier alpha value is -1.61. The number of aryl methyl sites for hydroxylation is 1. The molecule has 3 rings (SSSR count). The molecule has 1 aromatic heterocycles. The molecule has 1 fully saturated rings. The van der Waals surface area contributed by atoms with Crippen LogP contribution in [0, 0.1) is 6.92 Å². The maximum atomic E-state index is 12.0. The van der Waals surface area contributed by atoms with Crippen molar-refractivity contribution in [2.24, 2.45) is 0 Å². The second kappa shape index (κ2) is 6.25. The van der Waals surface area contributed by atoms with Crippen LogP contribution in [0.3, 0.4) is 0 Å². The summed E-state index contributed by atoms with van der Waals surface area (Å²) in [4.78, 5) is 18.5. The van der Waals surface area contributed by atoms with Crippen LogP contribution in [-0.2, 0) is 11.3 Å². The zero-order valence-electron chi connectivity index (χ0n) is 13.1. The highest BCUT2D eigenvalue weighted by Crippen LogP contribution is 2.28. The minimum absolute atomic E-state index is 0.118. The van der Waals surface area contributed by atoms with Gasteiger partial charge in [0, 0.05) is 30.5 Å². The molecule has 22 heavy (non-hydrogen) atoms. The van der Waals surface area contributed by atoms with Gasteiger partial charge in [-0.3, -0.25) is 4.79 Å². The molecule has 4 heteroatoms. The molecule has 3 nitrogen and oxygen atoms in total. The van der Waals surface area contributed by atoms with E-state index in [1.165, 1.54) is 18.4 Å². The van der Waals surface area contributed by atoms with Crippen LogP contribution < -0.4 is 0 Å². The lowest BCUT2D eigenvalue weighted by Crippen LogP contribution is -2.36. The minimum atomic E-state index is 0.118. The van der Waals surface area contributed by atoms with E-state index in [1.54, 1.807) is 6.92 Å². The van der Waals surface area contributed by atoms with Gasteiger partial charge < -0.3 is 4.90 Å². The van der Waals surface area contributed by atoms with Crippen LogP contribution in [0.4, 0.5) is 0 Å². The average molecular weight is 317 g/mol. The fraction of sp³-hybridized carbons (Fsp3) is 0.444. The van der Waals surface area contributed by atoms with E-state index < -0.39 is 0 Å². The van der Waals surface area contributed by atoms with Gasteiger partial charge in [-0.2, -0.15) is 0 Å². The normalized spacial score (nSPS) is 15.4. The number of rotatable bonds is 3. The lowest BCUT2D eigenvalue weighted by atomic mass is 10.1. The number of pyridine rings is 1. The van der Waals surface area contributed by atoms with E-state index in [0.29, 0.717) is 17.7 Å². The van der Waals surface area contributed by atoms with Gasteiger partial charge in [0.2, 0.25) is 5.91 Å². The Labute approximate surface area is 136 Å². The molecule has 0 saturated heterocycles. The number of aromatic nitrogens is 1. The third kappa shape index (κ3) is 3.09. The molecule has 0 unspecified atom stereocenters. The van der Waals surface area contributed by atoms with Crippen LogP contribution >= 0.6 is 11.6 Å². The van der Waals surface area contributed by atoms with Gasteiger partial charge in [0.15, 0.2) is 0 Å². The summed E-state index contributed by atoms with van der Waals surface area (Å²) in [6.07, 6.45) is 4.60. The Kier molecular flexibility index (Phi) is 4.34. The molecule has 0 bridgehead atoms. The number of benzene rings is 1. The lowest BCUT2D eigenvalue weighted by molar-refractivity contribution is -0.131. The standard InChI is InChI=1S/C18H21ClN2O/c1-12-7-8-17-14(9-12)10-15(18(19)20-17)11-21(13(2)22)16-5-3-4-6-16/h7-10,16H,3-6,11H2,1-2H3. The Bertz CT molecular complexity index is 708. The summed E-state index contributed by atoms with van der Waals surface area (Å²) in [7, 11) is 0. The molecule has 1 saturated carbocycles. The number of halogens is 1. The van der Waals surface area contributed by atoms with Crippen molar-refractivity contribution in [2.45, 2.75) is 52.1 Å². The molecule has 1 aromatic carbocycles. The van der Waals surface area contributed by atoms with E-state index in [4.69, 9.17) is 11.6 Å². The second-order valence-electron chi connectivity index (χ2n) is 6.22. The largest absolute Gasteiger partial charge is 0.336 e. The van der Waals surface area contributed by atoms with Gasteiger partial charge in [-0.15, -0.1) is 0 Å². The first-order valence-electron chi connectivity index (χ1n) is 7.87. The van der Waals surface area contributed by atoms with Crippen molar-refractivity contribution in [3.63, 3.8) is 0 Å². The third-order valence-electron chi connectivity index (χ3n) is 4.51. The molecule has 1 aliphatic rings. The van der Waals surface area contributed by atoms with Crippen molar-refractivity contribution in [2.75, 3.05) is 0 Å². The summed E-state index contributed by atoms with van der Waals surface area (Å²) < 4.78 is 0. The Balaban J connectivity index is 1.94. The van der Waals surface area contributed by atoms with Crippen LogP contribution in [0.15, 0.2) is 24.3 Å². The highest BCUT2D eigenvalue weighted by Gasteiger charge is 2.25. The molecule has 1 amide bonds. The van der Waals surface area contributed by atoms with E-state index in [-0.39, 0.29) is 5.91 Å². The van der Waals surface area contributed by atoms with E-state index in [2.05, 4.69) is 24.0 Å². The molecule has 1 heterocycles. The van der Waals surface area contributed by atoms with Crippen molar-refractivity contribution in [3.05, 3.63) is 40.5 Å². The van der Waals surface area contributed by atoms with Crippen LogP contribution in [0.25, 0.3) is 10.9 Å². The first kappa shape index (κ1) is 15.3. The highest BCUT2D eigenvalue weighted by atomic mass is 35.5. The van der Waals surface area contributed by atoms with E-state index >= 15 is 0 Å². The highest BCUT2D eigenvalue weighted by molar-refractivity contribution is 6.30. The SMILES string of the molecule is CC(=O)N(Cc1cc2cc(C)ccc2nc1Cl)C1CCCC1. The van der Waals surface area contributed by atoms with E-state index in [9.17, 15) is 4.79 Å². The molecule has 0 radical (unpaired) electrons. The molecule has 1 aliphatic carbocycles. The van der Waals surface area contributed by atoms with Crippen LogP contribution in [0.1, 0.15) is 43.7 Å². The summed E-state index contributed by atoms with van der Waals surface area (Å²) in [5, 5.41) is 1.58. The Morgan fingerprint density at radius 1 is 1.32 bits per heavy atom. The van der Waals surface area contributed by atoms with E-state index in [1.807, 2.05) is 17.0 Å². The topological polar surface area (TPSA) is 33.2 Å². The van der Waals surface area contributed by atoms with Crippen molar-refractivity contribution in [3.8, 4) is 0 Å². The fourth-order valence-corrected chi connectivity index (χ4v) is 3.53. The lowest BCUT2D eigenvalue weighted by Gasteiger charge is -2.28. The van der Waals surface area contributed by atoms with Crippen LogP contribution in [-0.4, -0.2) is 21.8 Å². The zero-order chi connectivity index (χ0) is 15.7. The van der Waals surface area contributed by atoms with Gasteiger partial charge in [-0.25, -0.2) is 4.98 Å². The summed E-state index contributed by atoms with van der Waals surface area (Å²) >= 11 is 6.35. The molecular weight excluding hydrogens is 296 g/mol. The van der Waals surface area contributed by atoms with E-state index in [0.717, 1.165) is 29.3 Å². The summed E-state index contributed by atoms with van der Waals surface area (Å²) in [6.45, 7) is 4.26. The number of fused-ring (bicyclic) bond motifs is 1. The van der Waals surface area contributed by atoms with Crippen LogP contribution in [0.2, 0.25) is 5.15 Å². The smallest absolute Gasteiger partial charge is 0.219 e. The minimum Gasteiger partial charge on any atom is -0.336 e. The quantitative estimate of drug-likeness (QED) is 0.782. The summed E-state index contributed by atoms with van der Waals surface area (Å²) in [5.74, 6) is 0.118. The predicted octanol–water partition coefficient (Wildman–Crippen LogP) is 4.49. The second-order valence-corrected chi connectivity index (χ2v) is 6.58. The monoisotopic (exact) mass is 316 g/mol. The van der Waals surface area contributed by atoms with Gasteiger partial charge in [-0.1, -0.05) is 36.1 Å². The summed E-state index contributed by atoms with van der Waals surface area (Å²) in [6, 6.07) is 8.55. The molecular formula is C18H21ClN2O. The number of hydrogen-bond acceptors (Lipinski definition) is 2. The molecule has 116 valence electrons. The van der Waals surface area contributed by atoms with Gasteiger partial charge in [-0.05, 0) is 38.0 Å². The van der Waals surface area contributed by atoms with Crippen LogP contribution in [0.5, 0.6) is 0 Å². The molecule has 0 aliphatic heterocycles. The number of amides is 1. The molecule has 0 atom stereocenters. The maximum Gasteiger partial charge on any atom is 0.219 e. The average Bonchev–Trinajstić information content (AvgIpc) is 2.99. The molecule has 2 aromatic rings. The van der Waals surface area contributed by atoms with Gasteiger partial charge >= 0.3 is 0 Å². The van der Waals surface area contributed by atoms with Gasteiger partial charge in [0.25, 0.3) is 0 Å². The number of carbonyl (C=O) groups is 1. The van der Waals surface area contributed by atoms with Crippen molar-refractivity contribution >= 4 is 28.4 Å². The number of carbonyl (C=O) groups excluding carboxylic acids is 1. The molecule has 0 spiro atoms. The predicted molar refractivity (Wildman–Crippen MR) is 90.0 cm³/mol. The first-order chi connectivity index (χ1) is 10.5. The first-order valence-corrected chi connectivity index (χ1v) is 8.25. The number of nitrogens with zero attached hydrogens (tertiary/aromatic N) is 2. The maximum absolute atomic E-state index is 12.0. The summed E-state index contributed by atoms with van der Waals surface area (Å²) in [5.41, 5.74) is 3.03. The van der Waals surface area contributed by atoms with Crippen molar-refractivity contribution in [1.82, 2.24) is 9.88 Å². The molecule has 0 N–H and O–H groups in total. The third-order valence-corrected chi connectivity index (χ3v) is 4.83. The van der Waals surface area contributed by atoms with Gasteiger partial charge in [0.05, 0.1) is 5.52 Å². The fourth-order valence-electron chi connectivity index (χ4n) is 3.32.